The molecule has 0 unspecified atom stereocenters. The first kappa shape index (κ1) is 15.3. The predicted molar refractivity (Wildman–Crippen MR) is 86.5 cm³/mol. The Morgan fingerprint density at radius 3 is 3.10 bits per heavy atom. The van der Waals surface area contributed by atoms with Crippen LogP contribution in [0.1, 0.15) is 0 Å². The number of amides is 2. The number of hydrogen-bond donors (Lipinski definition) is 2. The highest BCUT2D eigenvalue weighted by Crippen LogP contribution is 2.25. The molecule has 110 valence electrons. The topological polar surface area (TPSA) is 76.1 Å². The number of anilines is 2. The molecule has 0 radical (unpaired) electrons. The number of hydrogen-bond acceptors (Lipinski definition) is 6. The first-order chi connectivity index (χ1) is 10.2. The van der Waals surface area contributed by atoms with Gasteiger partial charge in [-0.1, -0.05) is 35.2 Å². The van der Waals surface area contributed by atoms with Gasteiger partial charge in [0.25, 0.3) is 0 Å². The maximum Gasteiger partial charge on any atom is 0.325 e. The molecule has 6 nitrogen and oxygen atoms in total. The van der Waals surface area contributed by atoms with Crippen molar-refractivity contribution < 1.29 is 9.53 Å². The van der Waals surface area contributed by atoms with E-state index in [2.05, 4.69) is 27.4 Å². The minimum absolute atomic E-state index is 0.375. The summed E-state index contributed by atoms with van der Waals surface area (Å²) in [5.41, 5.74) is 0.637. The zero-order valence-corrected chi connectivity index (χ0v) is 13.0. The molecule has 0 atom stereocenters. The highest BCUT2D eigenvalue weighted by Gasteiger charge is 2.08. The second-order valence-corrected chi connectivity index (χ2v) is 6.03. The summed E-state index contributed by atoms with van der Waals surface area (Å²) in [4.78, 5) is 11.9. The van der Waals surface area contributed by atoms with Crippen molar-refractivity contribution >= 4 is 39.9 Å². The zero-order chi connectivity index (χ0) is 15.1. The molecule has 1 aromatic heterocycles. The van der Waals surface area contributed by atoms with Crippen LogP contribution in [0.15, 0.2) is 41.3 Å². The highest BCUT2D eigenvalue weighted by atomic mass is 32.2. The number of ether oxygens (including phenoxy) is 1. The predicted octanol–water partition coefficient (Wildman–Crippen LogP) is 3.47. The summed E-state index contributed by atoms with van der Waals surface area (Å²) in [7, 11) is 1.57. The average molecular weight is 322 g/mol. The van der Waals surface area contributed by atoms with E-state index in [1.807, 2.05) is 0 Å². The summed E-state index contributed by atoms with van der Waals surface area (Å²) in [5, 5.41) is 13.7. The third-order valence-electron chi connectivity index (χ3n) is 2.28. The summed E-state index contributed by atoms with van der Waals surface area (Å²) in [6, 6.07) is 6.72. The van der Waals surface area contributed by atoms with Crippen molar-refractivity contribution in [1.82, 2.24) is 10.2 Å². The number of methoxy groups -OCH3 is 1. The summed E-state index contributed by atoms with van der Waals surface area (Å²) in [5.74, 6) is 1.43. The molecule has 0 aliphatic heterocycles. The molecule has 0 saturated carbocycles. The van der Waals surface area contributed by atoms with Crippen molar-refractivity contribution in [3.8, 4) is 5.75 Å². The van der Waals surface area contributed by atoms with Crippen molar-refractivity contribution in [2.75, 3.05) is 23.5 Å². The normalized spacial score (nSPS) is 9.95. The number of aromatic nitrogens is 2. The van der Waals surface area contributed by atoms with Crippen molar-refractivity contribution in [2.24, 2.45) is 0 Å². The van der Waals surface area contributed by atoms with Crippen LogP contribution in [0.25, 0.3) is 0 Å². The Kier molecular flexibility index (Phi) is 5.59. The number of urea groups is 1. The van der Waals surface area contributed by atoms with Gasteiger partial charge in [-0.05, 0) is 12.1 Å². The lowest BCUT2D eigenvalue weighted by molar-refractivity contribution is 0.262. The van der Waals surface area contributed by atoms with Crippen LogP contribution in [-0.2, 0) is 0 Å². The van der Waals surface area contributed by atoms with E-state index < -0.39 is 0 Å². The van der Waals surface area contributed by atoms with Crippen LogP contribution in [-0.4, -0.2) is 29.1 Å². The molecule has 1 aromatic carbocycles. The fourth-order valence-electron chi connectivity index (χ4n) is 1.41. The number of nitrogens with zero attached hydrogens (tertiary/aromatic N) is 2. The van der Waals surface area contributed by atoms with Crippen LogP contribution in [0, 0.1) is 0 Å². The Bertz CT molecular complexity index is 630. The number of nitrogens with one attached hydrogen (secondary N) is 2. The summed E-state index contributed by atoms with van der Waals surface area (Å²) in [6.45, 7) is 3.64. The molecule has 0 aliphatic carbocycles. The molecule has 0 bridgehead atoms. The van der Waals surface area contributed by atoms with Gasteiger partial charge in [-0.25, -0.2) is 4.79 Å². The van der Waals surface area contributed by atoms with Crippen LogP contribution in [0.3, 0.4) is 0 Å². The number of rotatable bonds is 6. The Hall–Kier alpha value is -2.06. The number of thioether (sulfide) groups is 1. The molecule has 2 rings (SSSR count). The largest absolute Gasteiger partial charge is 0.497 e. The Labute approximate surface area is 130 Å². The lowest BCUT2D eigenvalue weighted by atomic mass is 10.3. The van der Waals surface area contributed by atoms with Gasteiger partial charge in [0.05, 0.1) is 7.11 Å². The molecule has 8 heteroatoms. The standard InChI is InChI=1S/C13H14N4O2S2/c1-3-7-20-13-17-16-12(21-13)15-11(18)14-9-5-4-6-10(8-9)19-2/h3-6,8H,1,7H2,2H3,(H2,14,15,16,18). The van der Waals surface area contributed by atoms with Crippen molar-refractivity contribution in [1.29, 1.82) is 0 Å². The summed E-state index contributed by atoms with van der Waals surface area (Å²) < 4.78 is 5.88. The van der Waals surface area contributed by atoms with Crippen molar-refractivity contribution in [3.63, 3.8) is 0 Å². The van der Waals surface area contributed by atoms with Gasteiger partial charge in [-0.15, -0.1) is 16.8 Å². The minimum atomic E-state index is -0.375. The van der Waals surface area contributed by atoms with E-state index >= 15 is 0 Å². The average Bonchev–Trinajstić information content (AvgIpc) is 2.92. The number of carbonyl (C=O) groups is 1. The molecular formula is C13H14N4O2S2. The van der Waals surface area contributed by atoms with Gasteiger partial charge in [-0.3, -0.25) is 5.32 Å². The van der Waals surface area contributed by atoms with E-state index in [1.54, 1.807) is 37.5 Å². The Morgan fingerprint density at radius 2 is 2.33 bits per heavy atom. The molecule has 0 aliphatic rings. The van der Waals surface area contributed by atoms with E-state index in [1.165, 1.54) is 23.1 Å². The van der Waals surface area contributed by atoms with Crippen LogP contribution in [0.2, 0.25) is 0 Å². The quantitative estimate of drug-likeness (QED) is 0.484. The number of carbonyl (C=O) groups excluding carboxylic acids is 1. The van der Waals surface area contributed by atoms with Gasteiger partial charge in [0.15, 0.2) is 4.34 Å². The zero-order valence-electron chi connectivity index (χ0n) is 11.3. The fraction of sp³-hybridized carbons (Fsp3) is 0.154. The van der Waals surface area contributed by atoms with Crippen LogP contribution in [0.4, 0.5) is 15.6 Å². The molecular weight excluding hydrogens is 308 g/mol. The number of benzene rings is 1. The van der Waals surface area contributed by atoms with Crippen LogP contribution >= 0.6 is 23.1 Å². The fourth-order valence-corrected chi connectivity index (χ4v) is 2.92. The first-order valence-corrected chi connectivity index (χ1v) is 7.80. The van der Waals surface area contributed by atoms with Crippen molar-refractivity contribution in [2.45, 2.75) is 4.34 Å². The molecule has 1 heterocycles. The molecule has 2 N–H and O–H groups in total. The van der Waals surface area contributed by atoms with Gasteiger partial charge in [0.1, 0.15) is 5.75 Å². The maximum absolute atomic E-state index is 11.9. The summed E-state index contributed by atoms with van der Waals surface area (Å²) in [6.07, 6.45) is 1.79. The lowest BCUT2D eigenvalue weighted by Crippen LogP contribution is -2.19. The van der Waals surface area contributed by atoms with Crippen LogP contribution in [0.5, 0.6) is 5.75 Å². The van der Waals surface area contributed by atoms with E-state index in [4.69, 9.17) is 4.74 Å². The third kappa shape index (κ3) is 4.76. The second kappa shape index (κ2) is 7.65. The third-order valence-corrected chi connectivity index (χ3v) is 4.25. The van der Waals surface area contributed by atoms with E-state index in [0.29, 0.717) is 16.6 Å². The van der Waals surface area contributed by atoms with Gasteiger partial charge in [-0.2, -0.15) is 0 Å². The smallest absolute Gasteiger partial charge is 0.325 e. The first-order valence-electron chi connectivity index (χ1n) is 6.00. The van der Waals surface area contributed by atoms with Gasteiger partial charge in [0.2, 0.25) is 5.13 Å². The second-order valence-electron chi connectivity index (χ2n) is 3.78. The van der Waals surface area contributed by atoms with E-state index in [-0.39, 0.29) is 6.03 Å². The van der Waals surface area contributed by atoms with Gasteiger partial charge < -0.3 is 10.1 Å². The van der Waals surface area contributed by atoms with Crippen LogP contribution < -0.4 is 15.4 Å². The molecule has 0 saturated heterocycles. The highest BCUT2D eigenvalue weighted by molar-refractivity contribution is 8.01. The maximum atomic E-state index is 11.9. The monoisotopic (exact) mass is 322 g/mol. The summed E-state index contributed by atoms with van der Waals surface area (Å²) >= 11 is 2.83. The molecule has 21 heavy (non-hydrogen) atoms. The van der Waals surface area contributed by atoms with E-state index in [9.17, 15) is 4.79 Å². The SMILES string of the molecule is C=CCSc1nnc(NC(=O)Nc2cccc(OC)c2)s1. The van der Waals surface area contributed by atoms with Gasteiger partial charge in [0, 0.05) is 17.5 Å². The lowest BCUT2D eigenvalue weighted by Gasteiger charge is -2.06. The van der Waals surface area contributed by atoms with Gasteiger partial charge >= 0.3 is 6.03 Å². The molecule has 2 amide bonds. The Balaban J connectivity index is 1.91. The minimum Gasteiger partial charge on any atom is -0.497 e. The van der Waals surface area contributed by atoms with Crippen molar-refractivity contribution in [3.05, 3.63) is 36.9 Å². The Morgan fingerprint density at radius 1 is 1.48 bits per heavy atom. The molecule has 2 aromatic rings. The van der Waals surface area contributed by atoms with E-state index in [0.717, 1.165) is 10.1 Å². The molecule has 0 fully saturated rings. The molecule has 0 spiro atoms.